The van der Waals surface area contributed by atoms with Crippen molar-refractivity contribution in [2.24, 2.45) is 0 Å². The third-order valence-corrected chi connectivity index (χ3v) is 3.13. The summed E-state index contributed by atoms with van der Waals surface area (Å²) >= 11 is 9.17. The minimum atomic E-state index is 0.333. The van der Waals surface area contributed by atoms with Gasteiger partial charge in [0, 0.05) is 6.20 Å². The Morgan fingerprint density at radius 3 is 2.79 bits per heavy atom. The normalized spacial score (nSPS) is 17.3. The average Bonchev–Trinajstić information content (AvgIpc) is 2.62. The molecule has 4 heteroatoms. The molecule has 0 amide bonds. The first-order valence-corrected chi connectivity index (χ1v) is 5.90. The Morgan fingerprint density at radius 1 is 1.43 bits per heavy atom. The molecule has 0 bridgehead atoms. The van der Waals surface area contributed by atoms with Gasteiger partial charge >= 0.3 is 0 Å². The summed E-state index contributed by atoms with van der Waals surface area (Å²) in [6.45, 7) is 0. The van der Waals surface area contributed by atoms with Crippen molar-refractivity contribution in [2.75, 3.05) is 0 Å². The van der Waals surface area contributed by atoms with Gasteiger partial charge in [-0.3, -0.25) is 0 Å². The topological polar surface area (TPSA) is 22.1 Å². The largest absolute Gasteiger partial charge is 0.474 e. The lowest BCUT2D eigenvalue weighted by atomic mass is 10.3. The molecule has 1 heterocycles. The van der Waals surface area contributed by atoms with Crippen LogP contribution in [0.25, 0.3) is 0 Å². The van der Waals surface area contributed by atoms with E-state index in [2.05, 4.69) is 20.9 Å². The Bertz CT molecular complexity index is 326. The van der Waals surface area contributed by atoms with E-state index in [1.165, 1.54) is 12.8 Å². The molecule has 0 aromatic carbocycles. The fourth-order valence-electron chi connectivity index (χ4n) is 1.65. The highest BCUT2D eigenvalue weighted by Gasteiger charge is 2.18. The Hall–Kier alpha value is -0.280. The fourth-order valence-corrected chi connectivity index (χ4v) is 2.38. The van der Waals surface area contributed by atoms with Gasteiger partial charge in [0.25, 0.3) is 0 Å². The molecule has 1 aliphatic rings. The zero-order valence-electron chi connectivity index (χ0n) is 7.67. The predicted molar refractivity (Wildman–Crippen MR) is 59.8 cm³/mol. The molecule has 0 N–H and O–H groups in total. The fraction of sp³-hybridized carbons (Fsp3) is 0.500. The number of ether oxygens (including phenoxy) is 1. The van der Waals surface area contributed by atoms with Gasteiger partial charge in [-0.2, -0.15) is 0 Å². The second-order valence-corrected chi connectivity index (χ2v) is 4.76. The van der Waals surface area contributed by atoms with Gasteiger partial charge in [0.15, 0.2) is 0 Å². The Labute approximate surface area is 96.8 Å². The number of aromatic nitrogens is 1. The van der Waals surface area contributed by atoms with Crippen molar-refractivity contribution in [3.8, 4) is 5.88 Å². The molecular formula is C10H11BrClNO. The van der Waals surface area contributed by atoms with Crippen LogP contribution in [-0.2, 0) is 0 Å². The van der Waals surface area contributed by atoms with Gasteiger partial charge in [-0.15, -0.1) is 0 Å². The first-order valence-electron chi connectivity index (χ1n) is 4.73. The molecule has 1 aromatic heterocycles. The smallest absolute Gasteiger partial charge is 0.228 e. The van der Waals surface area contributed by atoms with Crippen LogP contribution in [0.3, 0.4) is 0 Å². The standard InChI is InChI=1S/C10H11BrClNO/c11-9-5-7(12)6-13-10(9)14-8-3-1-2-4-8/h5-6,8H,1-4H2. The molecule has 0 aliphatic heterocycles. The van der Waals surface area contributed by atoms with Crippen LogP contribution in [0.2, 0.25) is 5.02 Å². The number of hydrogen-bond acceptors (Lipinski definition) is 2. The van der Waals surface area contributed by atoms with Crippen LogP contribution in [0.5, 0.6) is 5.88 Å². The number of halogens is 2. The van der Waals surface area contributed by atoms with Crippen molar-refractivity contribution >= 4 is 27.5 Å². The van der Waals surface area contributed by atoms with Gasteiger partial charge in [0.2, 0.25) is 5.88 Å². The lowest BCUT2D eigenvalue weighted by Gasteiger charge is -2.12. The highest BCUT2D eigenvalue weighted by atomic mass is 79.9. The molecule has 1 aromatic rings. The van der Waals surface area contributed by atoms with Gasteiger partial charge in [0.05, 0.1) is 9.50 Å². The van der Waals surface area contributed by atoms with Crippen molar-refractivity contribution in [1.29, 1.82) is 0 Å². The molecule has 0 spiro atoms. The number of pyridine rings is 1. The van der Waals surface area contributed by atoms with Crippen LogP contribution >= 0.6 is 27.5 Å². The predicted octanol–water partition coefficient (Wildman–Crippen LogP) is 3.82. The van der Waals surface area contributed by atoms with Crippen LogP contribution in [0.1, 0.15) is 25.7 Å². The molecule has 0 unspecified atom stereocenters. The summed E-state index contributed by atoms with van der Waals surface area (Å²) in [5.74, 6) is 0.654. The molecule has 0 saturated heterocycles. The second kappa shape index (κ2) is 4.49. The molecule has 1 aliphatic carbocycles. The van der Waals surface area contributed by atoms with Crippen LogP contribution in [0.4, 0.5) is 0 Å². The molecular weight excluding hydrogens is 265 g/mol. The third-order valence-electron chi connectivity index (χ3n) is 2.35. The quantitative estimate of drug-likeness (QED) is 0.819. The lowest BCUT2D eigenvalue weighted by molar-refractivity contribution is 0.200. The van der Waals surface area contributed by atoms with Gasteiger partial charge in [-0.1, -0.05) is 11.6 Å². The minimum Gasteiger partial charge on any atom is -0.474 e. The van der Waals surface area contributed by atoms with Crippen LogP contribution in [0, 0.1) is 0 Å². The van der Waals surface area contributed by atoms with Crippen LogP contribution in [0.15, 0.2) is 16.7 Å². The van der Waals surface area contributed by atoms with Gasteiger partial charge in [-0.05, 0) is 47.7 Å². The van der Waals surface area contributed by atoms with E-state index in [-0.39, 0.29) is 0 Å². The zero-order valence-corrected chi connectivity index (χ0v) is 10.0. The van der Waals surface area contributed by atoms with Crippen LogP contribution < -0.4 is 4.74 Å². The number of nitrogens with zero attached hydrogens (tertiary/aromatic N) is 1. The van der Waals surface area contributed by atoms with Crippen molar-refractivity contribution in [1.82, 2.24) is 4.98 Å². The minimum absolute atomic E-state index is 0.333. The van der Waals surface area contributed by atoms with E-state index in [0.717, 1.165) is 17.3 Å². The second-order valence-electron chi connectivity index (χ2n) is 3.46. The maximum atomic E-state index is 5.79. The summed E-state index contributed by atoms with van der Waals surface area (Å²) in [7, 11) is 0. The van der Waals surface area contributed by atoms with Crippen molar-refractivity contribution < 1.29 is 4.74 Å². The first-order chi connectivity index (χ1) is 6.75. The molecule has 1 fully saturated rings. The van der Waals surface area contributed by atoms with E-state index < -0.39 is 0 Å². The van der Waals surface area contributed by atoms with E-state index in [1.807, 2.05) is 0 Å². The zero-order chi connectivity index (χ0) is 9.97. The molecule has 14 heavy (non-hydrogen) atoms. The Morgan fingerprint density at radius 2 is 2.14 bits per heavy atom. The van der Waals surface area contributed by atoms with E-state index in [4.69, 9.17) is 16.3 Å². The van der Waals surface area contributed by atoms with Crippen molar-refractivity contribution in [3.63, 3.8) is 0 Å². The highest BCUT2D eigenvalue weighted by Crippen LogP contribution is 2.29. The van der Waals surface area contributed by atoms with Gasteiger partial charge in [-0.25, -0.2) is 4.98 Å². The van der Waals surface area contributed by atoms with Gasteiger partial charge in [0.1, 0.15) is 6.10 Å². The van der Waals surface area contributed by atoms with Crippen molar-refractivity contribution in [2.45, 2.75) is 31.8 Å². The molecule has 0 radical (unpaired) electrons. The lowest BCUT2D eigenvalue weighted by Crippen LogP contribution is -2.12. The SMILES string of the molecule is Clc1cnc(OC2CCCC2)c(Br)c1. The van der Waals surface area contributed by atoms with E-state index >= 15 is 0 Å². The summed E-state index contributed by atoms with van der Waals surface area (Å²) in [6.07, 6.45) is 6.73. The Balaban J connectivity index is 2.08. The number of hydrogen-bond donors (Lipinski definition) is 0. The molecule has 2 nitrogen and oxygen atoms in total. The summed E-state index contributed by atoms with van der Waals surface area (Å²) < 4.78 is 6.57. The maximum absolute atomic E-state index is 5.79. The van der Waals surface area contributed by atoms with Crippen LogP contribution in [-0.4, -0.2) is 11.1 Å². The summed E-state index contributed by atoms with van der Waals surface area (Å²) in [4.78, 5) is 4.14. The summed E-state index contributed by atoms with van der Waals surface area (Å²) in [5.41, 5.74) is 0. The number of rotatable bonds is 2. The Kier molecular flexibility index (Phi) is 3.29. The average molecular weight is 277 g/mol. The monoisotopic (exact) mass is 275 g/mol. The first kappa shape index (κ1) is 10.2. The molecule has 0 atom stereocenters. The summed E-state index contributed by atoms with van der Waals surface area (Å²) in [6, 6.07) is 1.80. The maximum Gasteiger partial charge on any atom is 0.228 e. The highest BCUT2D eigenvalue weighted by molar-refractivity contribution is 9.10. The van der Waals surface area contributed by atoms with Gasteiger partial charge < -0.3 is 4.74 Å². The summed E-state index contributed by atoms with van der Waals surface area (Å²) in [5, 5.41) is 0.621. The van der Waals surface area contributed by atoms with E-state index in [1.54, 1.807) is 12.3 Å². The third kappa shape index (κ3) is 2.39. The van der Waals surface area contributed by atoms with E-state index in [9.17, 15) is 0 Å². The molecule has 1 saturated carbocycles. The molecule has 2 rings (SSSR count). The molecule has 76 valence electrons. The van der Waals surface area contributed by atoms with Crippen molar-refractivity contribution in [3.05, 3.63) is 21.8 Å². The van der Waals surface area contributed by atoms with E-state index in [0.29, 0.717) is 17.0 Å².